The number of halogens is 1. The molecule has 1 fully saturated rings. The third-order valence-electron chi connectivity index (χ3n) is 3.40. The van der Waals surface area contributed by atoms with Crippen molar-refractivity contribution in [3.05, 3.63) is 28.2 Å². The number of hydrogen-bond donors (Lipinski definition) is 0. The summed E-state index contributed by atoms with van der Waals surface area (Å²) in [5.74, 6) is 3.83. The standard InChI is InChI=1S/C13H13BrO2S/c14-9-1-2-10-11(15)6-12(16-13(10)5-9)8-3-4-17-7-8/h1-2,5,8,12H,3-4,6-7H2. The highest BCUT2D eigenvalue weighted by atomic mass is 79.9. The molecule has 3 rings (SSSR count). The van der Waals surface area contributed by atoms with E-state index in [1.54, 1.807) is 0 Å². The van der Waals surface area contributed by atoms with Crippen molar-refractivity contribution < 1.29 is 9.53 Å². The van der Waals surface area contributed by atoms with Gasteiger partial charge in [0.1, 0.15) is 11.9 Å². The summed E-state index contributed by atoms with van der Waals surface area (Å²) in [5.41, 5.74) is 0.732. The minimum atomic E-state index is 0.0827. The van der Waals surface area contributed by atoms with Gasteiger partial charge in [0.05, 0.1) is 5.56 Å². The van der Waals surface area contributed by atoms with Gasteiger partial charge >= 0.3 is 0 Å². The van der Waals surface area contributed by atoms with E-state index in [0.29, 0.717) is 12.3 Å². The van der Waals surface area contributed by atoms with Crippen LogP contribution in [0.3, 0.4) is 0 Å². The lowest BCUT2D eigenvalue weighted by molar-refractivity contribution is 0.0761. The van der Waals surface area contributed by atoms with Gasteiger partial charge in [0.15, 0.2) is 5.78 Å². The maximum atomic E-state index is 12.1. The first-order valence-electron chi connectivity index (χ1n) is 5.81. The third-order valence-corrected chi connectivity index (χ3v) is 5.08. The number of ether oxygens (including phenoxy) is 1. The first-order chi connectivity index (χ1) is 8.24. The molecule has 2 aliphatic heterocycles. The van der Waals surface area contributed by atoms with Gasteiger partial charge in [-0.15, -0.1) is 0 Å². The Balaban J connectivity index is 1.88. The molecule has 2 unspecified atom stereocenters. The number of thioether (sulfide) groups is 1. The highest BCUT2D eigenvalue weighted by Gasteiger charge is 2.33. The van der Waals surface area contributed by atoms with Gasteiger partial charge in [0.25, 0.3) is 0 Å². The molecule has 17 heavy (non-hydrogen) atoms. The molecule has 0 aliphatic carbocycles. The summed E-state index contributed by atoms with van der Waals surface area (Å²) in [4.78, 5) is 12.1. The van der Waals surface area contributed by atoms with Crippen LogP contribution in [0, 0.1) is 5.92 Å². The van der Waals surface area contributed by atoms with Crippen molar-refractivity contribution in [2.75, 3.05) is 11.5 Å². The van der Waals surface area contributed by atoms with E-state index in [9.17, 15) is 4.79 Å². The zero-order valence-corrected chi connectivity index (χ0v) is 11.7. The van der Waals surface area contributed by atoms with E-state index in [1.165, 1.54) is 12.2 Å². The molecule has 0 N–H and O–H groups in total. The molecule has 0 radical (unpaired) electrons. The number of hydrogen-bond acceptors (Lipinski definition) is 3. The van der Waals surface area contributed by atoms with Gasteiger partial charge in [-0.05, 0) is 36.1 Å². The molecule has 1 saturated heterocycles. The topological polar surface area (TPSA) is 26.3 Å². The Labute approximate surface area is 113 Å². The smallest absolute Gasteiger partial charge is 0.170 e. The molecule has 0 bridgehead atoms. The van der Waals surface area contributed by atoms with Gasteiger partial charge in [0, 0.05) is 16.8 Å². The zero-order chi connectivity index (χ0) is 11.8. The van der Waals surface area contributed by atoms with Crippen molar-refractivity contribution in [2.24, 2.45) is 5.92 Å². The first kappa shape index (κ1) is 11.6. The molecular formula is C13H13BrO2S. The van der Waals surface area contributed by atoms with Gasteiger partial charge in [-0.25, -0.2) is 0 Å². The minimum absolute atomic E-state index is 0.0827. The number of fused-ring (bicyclic) bond motifs is 1. The largest absolute Gasteiger partial charge is 0.489 e. The molecule has 0 saturated carbocycles. The fraction of sp³-hybridized carbons (Fsp3) is 0.462. The van der Waals surface area contributed by atoms with Gasteiger partial charge in [-0.2, -0.15) is 11.8 Å². The van der Waals surface area contributed by atoms with Crippen molar-refractivity contribution in [3.63, 3.8) is 0 Å². The minimum Gasteiger partial charge on any atom is -0.489 e. The Morgan fingerprint density at radius 1 is 1.41 bits per heavy atom. The molecule has 1 aromatic rings. The van der Waals surface area contributed by atoms with Gasteiger partial charge < -0.3 is 4.74 Å². The van der Waals surface area contributed by atoms with Crippen LogP contribution in [-0.2, 0) is 0 Å². The molecule has 1 aromatic carbocycles. The van der Waals surface area contributed by atoms with Crippen LogP contribution in [0.4, 0.5) is 0 Å². The Hall–Kier alpha value is -0.480. The molecule has 0 spiro atoms. The number of rotatable bonds is 1. The molecule has 0 amide bonds. The summed E-state index contributed by atoms with van der Waals surface area (Å²) in [7, 11) is 0. The summed E-state index contributed by atoms with van der Waals surface area (Å²) in [5, 5.41) is 0. The number of carbonyl (C=O) groups excluding carboxylic acids is 1. The second-order valence-electron chi connectivity index (χ2n) is 4.55. The average molecular weight is 313 g/mol. The molecule has 2 nitrogen and oxygen atoms in total. The first-order valence-corrected chi connectivity index (χ1v) is 7.76. The van der Waals surface area contributed by atoms with Gasteiger partial charge in [0.2, 0.25) is 0 Å². The van der Waals surface area contributed by atoms with Crippen LogP contribution < -0.4 is 4.74 Å². The summed E-state index contributed by atoms with van der Waals surface area (Å²) >= 11 is 5.38. The molecule has 2 aliphatic rings. The van der Waals surface area contributed by atoms with Crippen molar-refractivity contribution in [3.8, 4) is 5.75 Å². The second kappa shape index (κ2) is 4.65. The summed E-state index contributed by atoms with van der Waals surface area (Å²) in [6.07, 6.45) is 1.80. The molecule has 90 valence electrons. The molecule has 4 heteroatoms. The van der Waals surface area contributed by atoms with Crippen molar-refractivity contribution >= 4 is 33.5 Å². The fourth-order valence-corrected chi connectivity index (χ4v) is 4.09. The molecule has 2 atom stereocenters. The Bertz CT molecular complexity index is 455. The van der Waals surface area contributed by atoms with Crippen molar-refractivity contribution in [1.82, 2.24) is 0 Å². The highest BCUT2D eigenvalue weighted by Crippen LogP contribution is 2.36. The van der Waals surface area contributed by atoms with Crippen LogP contribution in [0.1, 0.15) is 23.2 Å². The van der Waals surface area contributed by atoms with Crippen LogP contribution in [0.25, 0.3) is 0 Å². The summed E-state index contributed by atoms with van der Waals surface area (Å²) < 4.78 is 6.97. The predicted molar refractivity (Wildman–Crippen MR) is 72.9 cm³/mol. The molecular weight excluding hydrogens is 300 g/mol. The number of benzene rings is 1. The van der Waals surface area contributed by atoms with E-state index in [-0.39, 0.29) is 11.9 Å². The summed E-state index contributed by atoms with van der Waals surface area (Å²) in [6, 6.07) is 5.65. The van der Waals surface area contributed by atoms with Gasteiger partial charge in [-0.1, -0.05) is 15.9 Å². The van der Waals surface area contributed by atoms with Gasteiger partial charge in [-0.3, -0.25) is 4.79 Å². The molecule has 2 heterocycles. The van der Waals surface area contributed by atoms with Crippen LogP contribution >= 0.6 is 27.7 Å². The normalized spacial score (nSPS) is 27.7. The monoisotopic (exact) mass is 312 g/mol. The maximum absolute atomic E-state index is 12.1. The van der Waals surface area contributed by atoms with E-state index >= 15 is 0 Å². The SMILES string of the molecule is O=C1CC(C2CCSC2)Oc2cc(Br)ccc21. The van der Waals surface area contributed by atoms with E-state index in [0.717, 1.165) is 21.5 Å². The fourth-order valence-electron chi connectivity index (χ4n) is 2.43. The lowest BCUT2D eigenvalue weighted by Crippen LogP contribution is -2.33. The van der Waals surface area contributed by atoms with E-state index in [2.05, 4.69) is 15.9 Å². The van der Waals surface area contributed by atoms with Crippen molar-refractivity contribution in [2.45, 2.75) is 18.9 Å². The highest BCUT2D eigenvalue weighted by molar-refractivity contribution is 9.10. The number of ketones is 1. The predicted octanol–water partition coefficient (Wildman–Crippen LogP) is 3.54. The Kier molecular flexibility index (Phi) is 3.17. The average Bonchev–Trinajstić information content (AvgIpc) is 2.81. The van der Waals surface area contributed by atoms with Crippen LogP contribution in [0.5, 0.6) is 5.75 Å². The summed E-state index contributed by atoms with van der Waals surface area (Å²) in [6.45, 7) is 0. The quantitative estimate of drug-likeness (QED) is 0.793. The number of carbonyl (C=O) groups is 1. The van der Waals surface area contributed by atoms with Crippen LogP contribution in [0.15, 0.2) is 22.7 Å². The van der Waals surface area contributed by atoms with E-state index in [4.69, 9.17) is 4.74 Å². The third kappa shape index (κ3) is 2.25. The Morgan fingerprint density at radius 3 is 3.06 bits per heavy atom. The van der Waals surface area contributed by atoms with Crippen molar-refractivity contribution in [1.29, 1.82) is 0 Å². The van der Waals surface area contributed by atoms with Crippen LogP contribution in [-0.4, -0.2) is 23.4 Å². The Morgan fingerprint density at radius 2 is 2.29 bits per heavy atom. The van der Waals surface area contributed by atoms with E-state index < -0.39 is 0 Å². The lowest BCUT2D eigenvalue weighted by Gasteiger charge is -2.29. The second-order valence-corrected chi connectivity index (χ2v) is 6.61. The zero-order valence-electron chi connectivity index (χ0n) is 9.32. The molecule has 0 aromatic heterocycles. The maximum Gasteiger partial charge on any atom is 0.170 e. The lowest BCUT2D eigenvalue weighted by atomic mass is 9.92. The van der Waals surface area contributed by atoms with Crippen LogP contribution in [0.2, 0.25) is 0 Å². The van der Waals surface area contributed by atoms with E-state index in [1.807, 2.05) is 30.0 Å². The number of Topliss-reactive ketones (excluding diaryl/α,β-unsaturated/α-hetero) is 1.